The van der Waals surface area contributed by atoms with E-state index in [9.17, 15) is 18.8 Å². The van der Waals surface area contributed by atoms with Crippen LogP contribution in [-0.2, 0) is 4.79 Å². The Morgan fingerprint density at radius 1 is 1.04 bits per heavy atom. The van der Waals surface area contributed by atoms with Gasteiger partial charge >= 0.3 is 0 Å². The van der Waals surface area contributed by atoms with Crippen molar-refractivity contribution >= 4 is 17.4 Å². The Labute approximate surface area is 141 Å². The molecule has 0 aliphatic rings. The standard InChI is InChI=1S/C18H14FN3O3/c1-11-15(18(25)22(21-11)14-5-3-2-4-6-14)16(23)17(24)20-13-9-7-12(19)8-10-13/h2-10,21H,1H3,(H,20,24). The lowest BCUT2D eigenvalue weighted by atomic mass is 10.1. The van der Waals surface area contributed by atoms with E-state index in [1.54, 1.807) is 37.3 Å². The molecule has 1 heterocycles. The summed E-state index contributed by atoms with van der Waals surface area (Å²) in [5.74, 6) is -2.39. The van der Waals surface area contributed by atoms with Crippen molar-refractivity contribution in [3.8, 4) is 5.69 Å². The molecule has 25 heavy (non-hydrogen) atoms. The predicted octanol–water partition coefficient (Wildman–Crippen LogP) is 2.43. The summed E-state index contributed by atoms with van der Waals surface area (Å²) in [6.07, 6.45) is 0. The van der Waals surface area contributed by atoms with Gasteiger partial charge in [-0.3, -0.25) is 19.5 Å². The molecule has 2 aromatic carbocycles. The van der Waals surface area contributed by atoms with Gasteiger partial charge in [-0.05, 0) is 43.3 Å². The number of H-pyrrole nitrogens is 1. The van der Waals surface area contributed by atoms with E-state index in [0.29, 0.717) is 5.69 Å². The Hall–Kier alpha value is -3.48. The van der Waals surface area contributed by atoms with E-state index in [-0.39, 0.29) is 16.9 Å². The fourth-order valence-electron chi connectivity index (χ4n) is 2.41. The van der Waals surface area contributed by atoms with Gasteiger partial charge in [0.25, 0.3) is 17.2 Å². The van der Waals surface area contributed by atoms with Crippen molar-refractivity contribution in [1.82, 2.24) is 9.78 Å². The van der Waals surface area contributed by atoms with Crippen LogP contribution in [0.5, 0.6) is 0 Å². The Morgan fingerprint density at radius 3 is 2.32 bits per heavy atom. The third-order valence-corrected chi connectivity index (χ3v) is 3.62. The molecule has 0 atom stereocenters. The molecule has 6 nitrogen and oxygen atoms in total. The number of Topliss-reactive ketones (excluding diaryl/α,β-unsaturated/α-hetero) is 1. The van der Waals surface area contributed by atoms with Gasteiger partial charge in [-0.1, -0.05) is 18.2 Å². The lowest BCUT2D eigenvalue weighted by Crippen LogP contribution is -2.29. The largest absolute Gasteiger partial charge is 0.319 e. The average molecular weight is 339 g/mol. The summed E-state index contributed by atoms with van der Waals surface area (Å²) in [5.41, 5.74) is 0.254. The zero-order chi connectivity index (χ0) is 18.0. The highest BCUT2D eigenvalue weighted by Gasteiger charge is 2.25. The first-order valence-electron chi connectivity index (χ1n) is 7.45. The highest BCUT2D eigenvalue weighted by atomic mass is 19.1. The van der Waals surface area contributed by atoms with Crippen molar-refractivity contribution in [3.63, 3.8) is 0 Å². The van der Waals surface area contributed by atoms with Crippen LogP contribution in [0.15, 0.2) is 59.4 Å². The molecule has 0 unspecified atom stereocenters. The number of benzene rings is 2. The maximum absolute atomic E-state index is 12.9. The molecule has 1 amide bonds. The molecule has 0 saturated carbocycles. The summed E-state index contributed by atoms with van der Waals surface area (Å²) >= 11 is 0. The SMILES string of the molecule is Cc1[nH]n(-c2ccccc2)c(=O)c1C(=O)C(=O)Nc1ccc(F)cc1. The van der Waals surface area contributed by atoms with Crippen LogP contribution in [0.25, 0.3) is 5.69 Å². The lowest BCUT2D eigenvalue weighted by Gasteiger charge is -2.03. The topological polar surface area (TPSA) is 84.0 Å². The Bertz CT molecular complexity index is 989. The number of hydrogen-bond donors (Lipinski definition) is 2. The number of para-hydroxylation sites is 1. The van der Waals surface area contributed by atoms with Gasteiger partial charge in [0.1, 0.15) is 11.4 Å². The van der Waals surface area contributed by atoms with Gasteiger partial charge in [-0.15, -0.1) is 0 Å². The zero-order valence-electron chi connectivity index (χ0n) is 13.2. The number of amides is 1. The first-order valence-corrected chi connectivity index (χ1v) is 7.45. The maximum Gasteiger partial charge on any atom is 0.297 e. The molecular formula is C18H14FN3O3. The van der Waals surface area contributed by atoms with E-state index in [0.717, 1.165) is 12.1 Å². The number of carbonyl (C=O) groups excluding carboxylic acids is 2. The number of ketones is 1. The fraction of sp³-hybridized carbons (Fsp3) is 0.0556. The number of anilines is 1. The Kier molecular flexibility index (Phi) is 4.30. The first-order chi connectivity index (χ1) is 12.0. The number of nitrogens with zero attached hydrogens (tertiary/aromatic N) is 1. The molecule has 0 fully saturated rings. The lowest BCUT2D eigenvalue weighted by molar-refractivity contribution is -0.112. The number of rotatable bonds is 4. The molecule has 7 heteroatoms. The molecule has 2 N–H and O–H groups in total. The molecule has 0 aliphatic heterocycles. The second kappa shape index (κ2) is 6.56. The molecule has 0 bridgehead atoms. The summed E-state index contributed by atoms with van der Waals surface area (Å²) in [4.78, 5) is 37.0. The molecule has 0 spiro atoms. The number of aromatic nitrogens is 2. The van der Waals surface area contributed by atoms with Crippen LogP contribution in [0.4, 0.5) is 10.1 Å². The van der Waals surface area contributed by atoms with Gasteiger partial charge in [-0.25, -0.2) is 9.07 Å². The number of hydrogen-bond acceptors (Lipinski definition) is 3. The van der Waals surface area contributed by atoms with Crippen LogP contribution in [0.1, 0.15) is 16.1 Å². The molecule has 0 saturated heterocycles. The number of aryl methyl sites for hydroxylation is 1. The van der Waals surface area contributed by atoms with Crippen molar-refractivity contribution in [2.45, 2.75) is 6.92 Å². The second-order valence-corrected chi connectivity index (χ2v) is 5.38. The van der Waals surface area contributed by atoms with Crippen LogP contribution < -0.4 is 10.9 Å². The third kappa shape index (κ3) is 3.25. The van der Waals surface area contributed by atoms with E-state index in [4.69, 9.17) is 0 Å². The molecule has 3 aromatic rings. The maximum atomic E-state index is 12.9. The van der Waals surface area contributed by atoms with Crippen LogP contribution in [0.3, 0.4) is 0 Å². The van der Waals surface area contributed by atoms with E-state index < -0.39 is 23.1 Å². The summed E-state index contributed by atoms with van der Waals surface area (Å²) in [5, 5.41) is 5.14. The smallest absolute Gasteiger partial charge is 0.297 e. The number of aromatic amines is 1. The van der Waals surface area contributed by atoms with Crippen LogP contribution in [0, 0.1) is 12.7 Å². The molecule has 3 rings (SSSR count). The van der Waals surface area contributed by atoms with Gasteiger partial charge in [0.15, 0.2) is 0 Å². The van der Waals surface area contributed by atoms with E-state index in [2.05, 4.69) is 10.4 Å². The van der Waals surface area contributed by atoms with Crippen LogP contribution in [-0.4, -0.2) is 21.5 Å². The third-order valence-electron chi connectivity index (χ3n) is 3.62. The summed E-state index contributed by atoms with van der Waals surface area (Å²) in [6, 6.07) is 13.7. The monoisotopic (exact) mass is 339 g/mol. The van der Waals surface area contributed by atoms with Crippen molar-refractivity contribution in [1.29, 1.82) is 0 Å². The van der Waals surface area contributed by atoms with Gasteiger partial charge in [-0.2, -0.15) is 0 Å². The molecule has 1 aromatic heterocycles. The Balaban J connectivity index is 1.90. The number of nitrogens with one attached hydrogen (secondary N) is 2. The first kappa shape index (κ1) is 16.4. The minimum atomic E-state index is -0.967. The number of halogens is 1. The van der Waals surface area contributed by atoms with E-state index in [1.807, 2.05) is 0 Å². The minimum Gasteiger partial charge on any atom is -0.319 e. The van der Waals surface area contributed by atoms with Gasteiger partial charge in [0, 0.05) is 11.4 Å². The normalized spacial score (nSPS) is 10.5. The van der Waals surface area contributed by atoms with Gasteiger partial charge in [0.2, 0.25) is 0 Å². The van der Waals surface area contributed by atoms with Crippen molar-refractivity contribution in [3.05, 3.63) is 82.0 Å². The summed E-state index contributed by atoms with van der Waals surface area (Å²) in [7, 11) is 0. The highest BCUT2D eigenvalue weighted by molar-refractivity contribution is 6.46. The predicted molar refractivity (Wildman–Crippen MR) is 90.5 cm³/mol. The molecule has 0 aliphatic carbocycles. The van der Waals surface area contributed by atoms with Gasteiger partial charge in [0.05, 0.1) is 5.69 Å². The molecule has 126 valence electrons. The quantitative estimate of drug-likeness (QED) is 0.566. The van der Waals surface area contributed by atoms with E-state index in [1.165, 1.54) is 16.8 Å². The van der Waals surface area contributed by atoms with Crippen molar-refractivity contribution < 1.29 is 14.0 Å². The molecular weight excluding hydrogens is 325 g/mol. The fourth-order valence-corrected chi connectivity index (χ4v) is 2.41. The van der Waals surface area contributed by atoms with Crippen LogP contribution >= 0.6 is 0 Å². The van der Waals surface area contributed by atoms with Gasteiger partial charge < -0.3 is 5.32 Å². The summed E-state index contributed by atoms with van der Waals surface area (Å²) in [6.45, 7) is 1.54. The minimum absolute atomic E-state index is 0.233. The van der Waals surface area contributed by atoms with Crippen molar-refractivity contribution in [2.24, 2.45) is 0 Å². The number of carbonyl (C=O) groups is 2. The van der Waals surface area contributed by atoms with Crippen molar-refractivity contribution in [2.75, 3.05) is 5.32 Å². The highest BCUT2D eigenvalue weighted by Crippen LogP contribution is 2.11. The average Bonchev–Trinajstić information content (AvgIpc) is 2.91. The second-order valence-electron chi connectivity index (χ2n) is 5.38. The molecule has 0 radical (unpaired) electrons. The van der Waals surface area contributed by atoms with Crippen LogP contribution in [0.2, 0.25) is 0 Å². The zero-order valence-corrected chi connectivity index (χ0v) is 13.2. The van der Waals surface area contributed by atoms with E-state index >= 15 is 0 Å². The summed E-state index contributed by atoms with van der Waals surface area (Å²) < 4.78 is 14.1. The Morgan fingerprint density at radius 2 is 1.68 bits per heavy atom.